The Labute approximate surface area is 204 Å². The fraction of sp³-hybridized carbons (Fsp3) is 0.308. The van der Waals surface area contributed by atoms with Gasteiger partial charge in [-0.1, -0.05) is 35.6 Å². The van der Waals surface area contributed by atoms with E-state index in [2.05, 4.69) is 49.5 Å². The average molecular weight is 480 g/mol. The summed E-state index contributed by atoms with van der Waals surface area (Å²) in [7, 11) is 4.06. The molecule has 0 bridgehead atoms. The van der Waals surface area contributed by atoms with Crippen LogP contribution in [0.1, 0.15) is 12.0 Å². The quantitative estimate of drug-likeness (QED) is 0.364. The minimum Gasteiger partial charge on any atom is -0.381 e. The maximum atomic E-state index is 13.6. The Balaban J connectivity index is 1.66. The molecule has 1 atom stereocenters. The van der Waals surface area contributed by atoms with Gasteiger partial charge in [0, 0.05) is 42.3 Å². The molecule has 4 rings (SSSR count). The lowest BCUT2D eigenvalue weighted by Gasteiger charge is -2.13. The number of fused-ring (bicyclic) bond motifs is 1. The number of anilines is 3. The molecule has 1 unspecified atom stereocenters. The van der Waals surface area contributed by atoms with E-state index in [1.54, 1.807) is 6.07 Å². The molecule has 8 heteroatoms. The smallest absolute Gasteiger partial charge is 0.141 e. The highest BCUT2D eigenvalue weighted by atomic mass is 35.5. The monoisotopic (exact) mass is 479 g/mol. The third-order valence-corrected chi connectivity index (χ3v) is 5.63. The third-order valence-electron chi connectivity index (χ3n) is 5.35. The van der Waals surface area contributed by atoms with Crippen LogP contribution in [0.2, 0.25) is 5.02 Å². The van der Waals surface area contributed by atoms with E-state index >= 15 is 0 Å². The van der Waals surface area contributed by atoms with E-state index in [0.717, 1.165) is 41.7 Å². The Morgan fingerprint density at radius 3 is 2.88 bits per heavy atom. The lowest BCUT2D eigenvalue weighted by Crippen LogP contribution is -2.11. The molecule has 176 valence electrons. The molecule has 0 spiro atoms. The molecular formula is C26H27ClFN5O. The lowest BCUT2D eigenvalue weighted by atomic mass is 10.1. The van der Waals surface area contributed by atoms with Crippen molar-refractivity contribution in [1.29, 1.82) is 0 Å². The molecule has 1 fully saturated rings. The van der Waals surface area contributed by atoms with Gasteiger partial charge < -0.3 is 20.3 Å². The highest BCUT2D eigenvalue weighted by Crippen LogP contribution is 2.30. The highest BCUT2D eigenvalue weighted by molar-refractivity contribution is 6.31. The average Bonchev–Trinajstić information content (AvgIpc) is 3.33. The van der Waals surface area contributed by atoms with Gasteiger partial charge in [0.1, 0.15) is 18.0 Å². The molecule has 0 aliphatic carbocycles. The number of halogens is 2. The maximum absolute atomic E-state index is 13.6. The van der Waals surface area contributed by atoms with Crippen molar-refractivity contribution in [3.8, 4) is 11.8 Å². The van der Waals surface area contributed by atoms with E-state index in [-0.39, 0.29) is 10.9 Å². The summed E-state index contributed by atoms with van der Waals surface area (Å²) in [6, 6.07) is 8.43. The molecule has 2 aromatic carbocycles. The Morgan fingerprint density at radius 2 is 2.12 bits per heavy atom. The van der Waals surface area contributed by atoms with E-state index in [1.165, 1.54) is 18.5 Å². The Morgan fingerprint density at radius 1 is 1.24 bits per heavy atom. The zero-order valence-electron chi connectivity index (χ0n) is 19.2. The van der Waals surface area contributed by atoms with E-state index in [1.807, 2.05) is 26.2 Å². The Hall–Kier alpha value is -3.18. The molecule has 1 saturated heterocycles. The van der Waals surface area contributed by atoms with Crippen LogP contribution in [-0.2, 0) is 4.74 Å². The molecule has 2 heterocycles. The second-order valence-electron chi connectivity index (χ2n) is 8.34. The maximum Gasteiger partial charge on any atom is 0.141 e. The molecule has 0 saturated carbocycles. The first kappa shape index (κ1) is 24.0. The van der Waals surface area contributed by atoms with Crippen LogP contribution >= 0.6 is 11.6 Å². The van der Waals surface area contributed by atoms with Gasteiger partial charge in [-0.25, -0.2) is 14.4 Å². The molecule has 2 N–H and O–H groups in total. The van der Waals surface area contributed by atoms with Gasteiger partial charge in [0.05, 0.1) is 22.8 Å². The second-order valence-corrected chi connectivity index (χ2v) is 8.74. The number of benzene rings is 2. The topological polar surface area (TPSA) is 62.3 Å². The third kappa shape index (κ3) is 6.23. The SMILES string of the molecule is CN(C)C/C=C/CNc1cc2c(Nc3ccc(F)c(Cl)c3)ncnc2cc1C#CC1CCOC1. The first-order valence-corrected chi connectivity index (χ1v) is 11.5. The van der Waals surface area contributed by atoms with Gasteiger partial charge in [0.25, 0.3) is 0 Å². The zero-order valence-corrected chi connectivity index (χ0v) is 20.0. The standard InChI is InChI=1S/C26H27ClFN5O/c1-33(2)11-4-3-10-29-24-15-21-25(13-19(24)6-5-18-9-12-34-16-18)30-17-31-26(21)32-20-7-8-23(28)22(27)14-20/h3-4,7-8,13-15,17-18,29H,9-12,16H2,1-2H3,(H,30,31,32)/b4-3+. The van der Waals surface area contributed by atoms with E-state index in [9.17, 15) is 4.39 Å². The van der Waals surface area contributed by atoms with Gasteiger partial charge in [0.15, 0.2) is 0 Å². The van der Waals surface area contributed by atoms with Gasteiger partial charge in [-0.05, 0) is 50.8 Å². The Bertz CT molecular complexity index is 1250. The van der Waals surface area contributed by atoms with E-state index in [0.29, 0.717) is 24.7 Å². The number of likely N-dealkylation sites (N-methyl/N-ethyl adjacent to an activating group) is 1. The van der Waals surface area contributed by atoms with Crippen LogP contribution in [0.3, 0.4) is 0 Å². The summed E-state index contributed by atoms with van der Waals surface area (Å²) in [6.07, 6.45) is 6.65. The molecule has 6 nitrogen and oxygen atoms in total. The summed E-state index contributed by atoms with van der Waals surface area (Å²) < 4.78 is 19.0. The van der Waals surface area contributed by atoms with Crippen molar-refractivity contribution in [1.82, 2.24) is 14.9 Å². The van der Waals surface area contributed by atoms with Crippen LogP contribution in [0.4, 0.5) is 21.6 Å². The van der Waals surface area contributed by atoms with E-state index in [4.69, 9.17) is 16.3 Å². The predicted molar refractivity (Wildman–Crippen MR) is 136 cm³/mol. The van der Waals surface area contributed by atoms with E-state index < -0.39 is 5.82 Å². The van der Waals surface area contributed by atoms with Crippen LogP contribution in [-0.4, -0.2) is 55.3 Å². The van der Waals surface area contributed by atoms with Crippen LogP contribution in [0.15, 0.2) is 48.8 Å². The van der Waals surface area contributed by atoms with Crippen molar-refractivity contribution in [2.24, 2.45) is 5.92 Å². The first-order chi connectivity index (χ1) is 16.5. The molecule has 0 amide bonds. The largest absolute Gasteiger partial charge is 0.381 e. The van der Waals surface area contributed by atoms with Crippen molar-refractivity contribution < 1.29 is 9.13 Å². The fourth-order valence-electron chi connectivity index (χ4n) is 3.53. The minimum atomic E-state index is -0.468. The summed E-state index contributed by atoms with van der Waals surface area (Å²) >= 11 is 5.94. The number of aromatic nitrogens is 2. The normalized spacial score (nSPS) is 15.6. The number of nitrogens with one attached hydrogen (secondary N) is 2. The van der Waals surface area contributed by atoms with Gasteiger partial charge in [-0.3, -0.25) is 0 Å². The second kappa shape index (κ2) is 11.3. The van der Waals surface area contributed by atoms with Crippen LogP contribution in [0.25, 0.3) is 10.9 Å². The fourth-order valence-corrected chi connectivity index (χ4v) is 3.71. The number of ether oxygens (including phenoxy) is 1. The number of nitrogens with zero attached hydrogens (tertiary/aromatic N) is 3. The molecule has 3 aromatic rings. The van der Waals surface area contributed by atoms with Gasteiger partial charge in [0.2, 0.25) is 0 Å². The molecule has 34 heavy (non-hydrogen) atoms. The molecule has 1 aliphatic heterocycles. The lowest BCUT2D eigenvalue weighted by molar-refractivity contribution is 0.192. The summed E-state index contributed by atoms with van der Waals surface area (Å²) in [6.45, 7) is 2.96. The van der Waals surface area contributed by atoms with Gasteiger partial charge in [-0.2, -0.15) is 0 Å². The van der Waals surface area contributed by atoms with Crippen molar-refractivity contribution in [2.45, 2.75) is 6.42 Å². The molecule has 1 aliphatic rings. The number of rotatable bonds is 7. The summed E-state index contributed by atoms with van der Waals surface area (Å²) in [5.74, 6) is 7.04. The van der Waals surface area contributed by atoms with Crippen molar-refractivity contribution >= 4 is 39.7 Å². The van der Waals surface area contributed by atoms with Crippen molar-refractivity contribution in [3.63, 3.8) is 0 Å². The minimum absolute atomic E-state index is 0.0451. The van der Waals surface area contributed by atoms with Crippen LogP contribution < -0.4 is 10.6 Å². The first-order valence-electron chi connectivity index (χ1n) is 11.1. The predicted octanol–water partition coefficient (Wildman–Crippen LogP) is 5.08. The zero-order chi connectivity index (χ0) is 23.9. The summed E-state index contributed by atoms with van der Waals surface area (Å²) in [5, 5.41) is 7.56. The van der Waals surface area contributed by atoms with Crippen molar-refractivity contribution in [2.75, 3.05) is 51.0 Å². The number of hydrogen-bond donors (Lipinski definition) is 2. The van der Waals surface area contributed by atoms with Crippen LogP contribution in [0.5, 0.6) is 0 Å². The molecule has 0 radical (unpaired) electrons. The summed E-state index contributed by atoms with van der Waals surface area (Å²) in [5.41, 5.74) is 3.15. The van der Waals surface area contributed by atoms with Gasteiger partial charge >= 0.3 is 0 Å². The van der Waals surface area contributed by atoms with Gasteiger partial charge in [-0.15, -0.1) is 0 Å². The van der Waals surface area contributed by atoms with Crippen molar-refractivity contribution in [3.05, 3.63) is 65.2 Å². The van der Waals surface area contributed by atoms with Crippen LogP contribution in [0, 0.1) is 23.6 Å². The molecular weight excluding hydrogens is 453 g/mol. The Kier molecular flexibility index (Phi) is 7.96. The molecule has 1 aromatic heterocycles. The summed E-state index contributed by atoms with van der Waals surface area (Å²) in [4.78, 5) is 11.0. The number of hydrogen-bond acceptors (Lipinski definition) is 6. The highest BCUT2D eigenvalue weighted by Gasteiger charge is 2.13.